The number of thiophene rings is 1. The number of para-hydroxylation sites is 1. The number of ether oxygens (including phenoxy) is 2. The van der Waals surface area contributed by atoms with Crippen LogP contribution < -0.4 is 14.8 Å². The molecule has 5 rings (SSSR count). The predicted octanol–water partition coefficient (Wildman–Crippen LogP) is 4.24. The third-order valence-corrected chi connectivity index (χ3v) is 5.37. The number of fused-ring (bicyclic) bond motifs is 2. The van der Waals surface area contributed by atoms with Crippen LogP contribution in [0.1, 0.15) is 27.7 Å². The van der Waals surface area contributed by atoms with Gasteiger partial charge in [0.1, 0.15) is 6.17 Å². The maximum absolute atomic E-state index is 13.2. The second-order valence-electron chi connectivity index (χ2n) is 6.27. The Morgan fingerprint density at radius 1 is 1.12 bits per heavy atom. The van der Waals surface area contributed by atoms with E-state index in [-0.39, 0.29) is 18.9 Å². The molecular formula is C20H16N2O3S. The van der Waals surface area contributed by atoms with E-state index in [4.69, 9.17) is 9.47 Å². The molecule has 1 amide bonds. The summed E-state index contributed by atoms with van der Waals surface area (Å²) in [5.74, 6) is 1.50. The number of nitrogens with zero attached hydrogens (tertiary/aromatic N) is 1. The van der Waals surface area contributed by atoms with Gasteiger partial charge in [0, 0.05) is 17.8 Å². The molecule has 0 radical (unpaired) electrons. The number of carbonyl (C=O) groups is 1. The zero-order chi connectivity index (χ0) is 17.5. The Labute approximate surface area is 154 Å². The fourth-order valence-electron chi connectivity index (χ4n) is 3.39. The summed E-state index contributed by atoms with van der Waals surface area (Å²) in [5, 5.41) is 7.61. The standard InChI is InChI=1S/C20H16N2O3S/c23-20-15-3-1-2-4-16(15)21-19(14-7-8-26-11-14)22(20)10-13-5-6-17-18(9-13)25-12-24-17/h1-9,11,19,21H,10,12H2/t19-/m1/s1. The predicted molar refractivity (Wildman–Crippen MR) is 99.6 cm³/mol. The highest BCUT2D eigenvalue weighted by Crippen LogP contribution is 2.37. The number of hydrogen-bond donors (Lipinski definition) is 1. The van der Waals surface area contributed by atoms with Crippen LogP contribution in [-0.2, 0) is 6.54 Å². The van der Waals surface area contributed by atoms with Crippen LogP contribution in [0, 0.1) is 0 Å². The molecule has 0 aliphatic carbocycles. The van der Waals surface area contributed by atoms with Crippen molar-refractivity contribution in [2.75, 3.05) is 12.1 Å². The fraction of sp³-hybridized carbons (Fsp3) is 0.150. The Morgan fingerprint density at radius 2 is 2.00 bits per heavy atom. The number of anilines is 1. The monoisotopic (exact) mass is 364 g/mol. The minimum Gasteiger partial charge on any atom is -0.454 e. The zero-order valence-corrected chi connectivity index (χ0v) is 14.7. The summed E-state index contributed by atoms with van der Waals surface area (Å²) in [6.07, 6.45) is -0.200. The van der Waals surface area contributed by atoms with Crippen molar-refractivity contribution in [2.24, 2.45) is 0 Å². The first kappa shape index (κ1) is 15.3. The topological polar surface area (TPSA) is 50.8 Å². The third-order valence-electron chi connectivity index (χ3n) is 4.67. The van der Waals surface area contributed by atoms with Gasteiger partial charge in [-0.2, -0.15) is 11.3 Å². The molecule has 1 N–H and O–H groups in total. The van der Waals surface area contributed by atoms with E-state index in [9.17, 15) is 4.79 Å². The van der Waals surface area contributed by atoms with E-state index in [0.717, 1.165) is 28.3 Å². The SMILES string of the molecule is O=C1c2ccccc2N[C@@H](c2ccsc2)N1Cc1ccc2c(c1)OCO2. The van der Waals surface area contributed by atoms with Crippen LogP contribution in [-0.4, -0.2) is 17.6 Å². The summed E-state index contributed by atoms with van der Waals surface area (Å²) < 4.78 is 10.8. The van der Waals surface area contributed by atoms with Gasteiger partial charge in [0.05, 0.1) is 5.56 Å². The van der Waals surface area contributed by atoms with Gasteiger partial charge in [0.2, 0.25) is 6.79 Å². The summed E-state index contributed by atoms with van der Waals surface area (Å²) >= 11 is 1.63. The molecule has 2 aliphatic heterocycles. The number of nitrogens with one attached hydrogen (secondary N) is 1. The van der Waals surface area contributed by atoms with Crippen LogP contribution >= 0.6 is 11.3 Å². The van der Waals surface area contributed by atoms with Crippen molar-refractivity contribution in [1.29, 1.82) is 0 Å². The molecule has 0 unspecified atom stereocenters. The highest BCUT2D eigenvalue weighted by atomic mass is 32.1. The molecule has 0 bridgehead atoms. The summed E-state index contributed by atoms with van der Waals surface area (Å²) in [4.78, 5) is 15.1. The van der Waals surface area contributed by atoms with Crippen molar-refractivity contribution >= 4 is 22.9 Å². The third kappa shape index (κ3) is 2.50. The molecule has 1 atom stereocenters. The van der Waals surface area contributed by atoms with Gasteiger partial charge in [0.15, 0.2) is 11.5 Å². The largest absolute Gasteiger partial charge is 0.454 e. The van der Waals surface area contributed by atoms with E-state index in [2.05, 4.69) is 16.8 Å². The average molecular weight is 364 g/mol. The molecule has 2 aromatic carbocycles. The number of carbonyl (C=O) groups excluding carboxylic acids is 1. The van der Waals surface area contributed by atoms with Crippen molar-refractivity contribution in [3.8, 4) is 11.5 Å². The quantitative estimate of drug-likeness (QED) is 0.755. The smallest absolute Gasteiger partial charge is 0.258 e. The molecule has 6 heteroatoms. The molecule has 3 aromatic rings. The van der Waals surface area contributed by atoms with E-state index in [0.29, 0.717) is 12.1 Å². The van der Waals surface area contributed by atoms with Crippen molar-refractivity contribution < 1.29 is 14.3 Å². The second-order valence-corrected chi connectivity index (χ2v) is 7.05. The summed E-state index contributed by atoms with van der Waals surface area (Å²) in [7, 11) is 0. The van der Waals surface area contributed by atoms with E-state index < -0.39 is 0 Å². The summed E-state index contributed by atoms with van der Waals surface area (Å²) in [6, 6.07) is 15.5. The van der Waals surface area contributed by atoms with Crippen LogP contribution in [0.3, 0.4) is 0 Å². The van der Waals surface area contributed by atoms with Crippen molar-refractivity contribution in [3.05, 3.63) is 76.0 Å². The zero-order valence-electron chi connectivity index (χ0n) is 13.8. The van der Waals surface area contributed by atoms with E-state index in [1.54, 1.807) is 11.3 Å². The van der Waals surface area contributed by atoms with Crippen LogP contribution in [0.15, 0.2) is 59.3 Å². The lowest BCUT2D eigenvalue weighted by Gasteiger charge is -2.37. The molecule has 130 valence electrons. The van der Waals surface area contributed by atoms with Gasteiger partial charge >= 0.3 is 0 Å². The van der Waals surface area contributed by atoms with Crippen LogP contribution in [0.2, 0.25) is 0 Å². The molecular weight excluding hydrogens is 348 g/mol. The highest BCUT2D eigenvalue weighted by Gasteiger charge is 2.33. The molecule has 0 fully saturated rings. The van der Waals surface area contributed by atoms with Gasteiger partial charge in [-0.05, 0) is 46.7 Å². The average Bonchev–Trinajstić information content (AvgIpc) is 3.35. The Morgan fingerprint density at radius 3 is 2.88 bits per heavy atom. The Hall–Kier alpha value is -2.99. The van der Waals surface area contributed by atoms with Gasteiger partial charge < -0.3 is 19.7 Å². The van der Waals surface area contributed by atoms with E-state index in [1.165, 1.54) is 0 Å². The molecule has 3 heterocycles. The Bertz CT molecular complexity index is 971. The molecule has 5 nitrogen and oxygen atoms in total. The first-order valence-corrected chi connectivity index (χ1v) is 9.31. The molecule has 26 heavy (non-hydrogen) atoms. The lowest BCUT2D eigenvalue weighted by atomic mass is 10.0. The minimum absolute atomic E-state index is 0.0215. The van der Waals surface area contributed by atoms with Crippen LogP contribution in [0.5, 0.6) is 11.5 Å². The van der Waals surface area contributed by atoms with E-state index >= 15 is 0 Å². The summed E-state index contributed by atoms with van der Waals surface area (Å²) in [5.41, 5.74) is 3.65. The Kier molecular flexibility index (Phi) is 3.57. The lowest BCUT2D eigenvalue weighted by Crippen LogP contribution is -2.42. The highest BCUT2D eigenvalue weighted by molar-refractivity contribution is 7.08. The first-order valence-electron chi connectivity index (χ1n) is 8.37. The van der Waals surface area contributed by atoms with Gasteiger partial charge in [-0.1, -0.05) is 18.2 Å². The van der Waals surface area contributed by atoms with Crippen molar-refractivity contribution in [3.63, 3.8) is 0 Å². The lowest BCUT2D eigenvalue weighted by molar-refractivity contribution is 0.0666. The molecule has 0 saturated carbocycles. The maximum atomic E-state index is 13.2. The van der Waals surface area contributed by atoms with Gasteiger partial charge in [-0.15, -0.1) is 0 Å². The maximum Gasteiger partial charge on any atom is 0.258 e. The Balaban J connectivity index is 1.53. The molecule has 2 aliphatic rings. The molecule has 1 aromatic heterocycles. The normalized spacial score (nSPS) is 17.8. The van der Waals surface area contributed by atoms with Crippen molar-refractivity contribution in [2.45, 2.75) is 12.7 Å². The summed E-state index contributed by atoms with van der Waals surface area (Å²) in [6.45, 7) is 0.727. The van der Waals surface area contributed by atoms with Crippen molar-refractivity contribution in [1.82, 2.24) is 4.90 Å². The minimum atomic E-state index is -0.200. The number of benzene rings is 2. The van der Waals surface area contributed by atoms with Gasteiger partial charge in [0.25, 0.3) is 5.91 Å². The number of hydrogen-bond acceptors (Lipinski definition) is 5. The first-order chi connectivity index (χ1) is 12.8. The number of amides is 1. The fourth-order valence-corrected chi connectivity index (χ4v) is 4.06. The van der Waals surface area contributed by atoms with Crippen LogP contribution in [0.25, 0.3) is 0 Å². The second kappa shape index (κ2) is 6.07. The van der Waals surface area contributed by atoms with E-state index in [1.807, 2.05) is 52.7 Å². The van der Waals surface area contributed by atoms with Crippen LogP contribution in [0.4, 0.5) is 5.69 Å². The molecule has 0 saturated heterocycles. The van der Waals surface area contributed by atoms with Gasteiger partial charge in [-0.3, -0.25) is 4.79 Å². The number of rotatable bonds is 3. The molecule has 0 spiro atoms. The van der Waals surface area contributed by atoms with Gasteiger partial charge in [-0.25, -0.2) is 0 Å².